The van der Waals surface area contributed by atoms with Gasteiger partial charge in [-0.05, 0) is 44.5 Å². The maximum atomic E-state index is 12.9. The Hall–Kier alpha value is -1.88. The molecule has 0 N–H and O–H groups in total. The number of rotatable bonds is 0. The first-order valence-electron chi connectivity index (χ1n) is 7.70. The molecule has 2 aromatic carbocycles. The Balaban J connectivity index is 1.92. The number of hydrogen-bond donors (Lipinski definition) is 0. The van der Waals surface area contributed by atoms with Crippen LogP contribution in [0, 0.1) is 5.92 Å². The number of carbonyl (C=O) groups excluding carboxylic acids is 2. The van der Waals surface area contributed by atoms with Gasteiger partial charge in [-0.25, -0.2) is 0 Å². The maximum Gasteiger partial charge on any atom is 0.173 e. The predicted molar refractivity (Wildman–Crippen MR) is 101 cm³/mol. The topological polar surface area (TPSA) is 34.1 Å². The maximum absolute atomic E-state index is 12.9. The Labute approximate surface area is 143 Å². The van der Waals surface area contributed by atoms with Gasteiger partial charge in [0.1, 0.15) is 0 Å². The van der Waals surface area contributed by atoms with E-state index in [0.717, 1.165) is 16.7 Å². The van der Waals surface area contributed by atoms with E-state index in [1.807, 2.05) is 18.2 Å². The van der Waals surface area contributed by atoms with Crippen molar-refractivity contribution in [3.05, 3.63) is 64.7 Å². The van der Waals surface area contributed by atoms with Crippen molar-refractivity contribution in [1.82, 2.24) is 0 Å². The number of hydrogen-bond acceptors (Lipinski definition) is 2. The van der Waals surface area contributed by atoms with Gasteiger partial charge in [-0.3, -0.25) is 9.59 Å². The van der Waals surface area contributed by atoms with Crippen molar-refractivity contribution in [3.8, 4) is 0 Å². The van der Waals surface area contributed by atoms with E-state index in [4.69, 9.17) is 0 Å². The highest BCUT2D eigenvalue weighted by atomic mass is 127. The van der Waals surface area contributed by atoms with Crippen molar-refractivity contribution in [1.29, 1.82) is 0 Å². The second-order valence-corrected chi connectivity index (χ2v) is 8.64. The van der Waals surface area contributed by atoms with E-state index in [9.17, 15) is 9.59 Å². The summed E-state index contributed by atoms with van der Waals surface area (Å²) in [7, 11) is 0. The van der Waals surface area contributed by atoms with Gasteiger partial charge in [0.25, 0.3) is 0 Å². The molecule has 3 heteroatoms. The van der Waals surface area contributed by atoms with Crippen molar-refractivity contribution in [3.63, 3.8) is 0 Å². The van der Waals surface area contributed by atoms with Crippen molar-refractivity contribution in [2.45, 2.75) is 12.8 Å². The molecular formula is C20H13IO2. The Kier molecular flexibility index (Phi) is 2.69. The minimum Gasteiger partial charge on any atom is -0.298 e. The van der Waals surface area contributed by atoms with Crippen LogP contribution in [0.25, 0.3) is 14.4 Å². The lowest BCUT2D eigenvalue weighted by Gasteiger charge is -2.28. The van der Waals surface area contributed by atoms with Crippen LogP contribution in [-0.4, -0.2) is 15.6 Å². The summed E-state index contributed by atoms with van der Waals surface area (Å²) in [6.45, 7) is 1.75. The predicted octanol–water partition coefficient (Wildman–Crippen LogP) is 4.15. The third-order valence-electron chi connectivity index (χ3n) is 5.08. The fourth-order valence-electron chi connectivity index (χ4n) is 3.95. The summed E-state index contributed by atoms with van der Waals surface area (Å²) in [4.78, 5) is 25.4. The molecule has 2 atom stereocenters. The van der Waals surface area contributed by atoms with E-state index < -0.39 is 5.92 Å². The Morgan fingerprint density at radius 2 is 1.87 bits per heavy atom. The van der Waals surface area contributed by atoms with Gasteiger partial charge in [-0.2, -0.15) is 0 Å². The largest absolute Gasteiger partial charge is 0.298 e. The van der Waals surface area contributed by atoms with Gasteiger partial charge in [-0.1, -0.05) is 57.1 Å². The van der Waals surface area contributed by atoms with Crippen LogP contribution < -0.4 is 0 Å². The summed E-state index contributed by atoms with van der Waals surface area (Å²) in [6.07, 6.45) is 1.97. The SMILES string of the molecule is CC1C(=O)C2=CC=IC3=C2C(C1=O)c1ccc2ccccc2c13. The lowest BCUT2D eigenvalue weighted by molar-refractivity contribution is -0.131. The molecule has 3 aliphatic rings. The van der Waals surface area contributed by atoms with Crippen molar-refractivity contribution < 1.29 is 9.59 Å². The van der Waals surface area contributed by atoms with Crippen LogP contribution in [0.3, 0.4) is 0 Å². The average molecular weight is 412 g/mol. The Morgan fingerprint density at radius 1 is 1.04 bits per heavy atom. The summed E-state index contributed by atoms with van der Waals surface area (Å²) in [5, 5.41) is 2.41. The zero-order valence-corrected chi connectivity index (χ0v) is 14.6. The molecule has 0 bridgehead atoms. The first-order chi connectivity index (χ1) is 11.2. The van der Waals surface area contributed by atoms with Gasteiger partial charge in [0, 0.05) is 9.15 Å². The second kappa shape index (κ2) is 4.57. The Morgan fingerprint density at radius 3 is 2.74 bits per heavy atom. The molecule has 2 aromatic rings. The van der Waals surface area contributed by atoms with Crippen LogP contribution in [0.5, 0.6) is 0 Å². The highest BCUT2D eigenvalue weighted by molar-refractivity contribution is 14.2. The molecule has 0 radical (unpaired) electrons. The van der Waals surface area contributed by atoms with E-state index >= 15 is 0 Å². The zero-order valence-electron chi connectivity index (χ0n) is 12.5. The fourth-order valence-corrected chi connectivity index (χ4v) is 6.70. The second-order valence-electron chi connectivity index (χ2n) is 6.22. The van der Waals surface area contributed by atoms with Crippen LogP contribution in [0.4, 0.5) is 0 Å². The molecule has 0 amide bonds. The van der Waals surface area contributed by atoms with Crippen molar-refractivity contribution >= 4 is 50.7 Å². The lowest BCUT2D eigenvalue weighted by Crippen LogP contribution is -2.35. The minimum absolute atomic E-state index is 0.00387. The molecule has 0 saturated heterocycles. The van der Waals surface area contributed by atoms with Crippen LogP contribution in [0.15, 0.2) is 53.6 Å². The normalized spacial score (nSPS) is 25.2. The monoisotopic (exact) mass is 412 g/mol. The molecule has 1 aliphatic heterocycles. The number of fused-ring (bicyclic) bond motifs is 5. The average Bonchev–Trinajstić information content (AvgIpc) is 2.93. The third kappa shape index (κ3) is 1.61. The van der Waals surface area contributed by atoms with Crippen molar-refractivity contribution in [2.24, 2.45) is 5.92 Å². The summed E-state index contributed by atoms with van der Waals surface area (Å²) in [5.74, 6) is -0.689. The number of ketones is 2. The molecule has 1 fully saturated rings. The van der Waals surface area contributed by atoms with E-state index in [1.165, 1.54) is 19.9 Å². The third-order valence-corrected chi connectivity index (χ3v) is 7.54. The van der Waals surface area contributed by atoms with Crippen LogP contribution >= 0.6 is 20.7 Å². The van der Waals surface area contributed by atoms with Crippen molar-refractivity contribution in [2.75, 3.05) is 0 Å². The number of carbonyl (C=O) groups is 2. The summed E-state index contributed by atoms with van der Waals surface area (Å²) >= 11 is -0.299. The van der Waals surface area contributed by atoms with Crippen LogP contribution in [0.1, 0.15) is 24.0 Å². The Bertz CT molecular complexity index is 1020. The van der Waals surface area contributed by atoms with Gasteiger partial charge in [-0.15, -0.1) is 0 Å². The summed E-state index contributed by atoms with van der Waals surface area (Å²) < 4.78 is 3.45. The van der Waals surface area contributed by atoms with Gasteiger partial charge in [0.15, 0.2) is 11.6 Å². The standard InChI is InChI=1S/C20H13IO2/c1-10-19(22)14-8-9-21-18-15-12-5-3-2-4-11(12)6-7-13(15)17(16(14)18)20(10)23/h2-10,17H,1H3. The molecular weight excluding hydrogens is 399 g/mol. The lowest BCUT2D eigenvalue weighted by atomic mass is 9.73. The number of halogens is 1. The molecule has 23 heavy (non-hydrogen) atoms. The molecule has 0 aromatic heterocycles. The first kappa shape index (κ1) is 13.5. The minimum atomic E-state index is -0.529. The smallest absolute Gasteiger partial charge is 0.173 e. The van der Waals surface area contributed by atoms with Crippen LogP contribution in [0.2, 0.25) is 0 Å². The molecule has 0 spiro atoms. The molecule has 2 unspecified atom stereocenters. The molecule has 2 aliphatic carbocycles. The van der Waals surface area contributed by atoms with E-state index in [-0.39, 0.29) is 38.2 Å². The highest BCUT2D eigenvalue weighted by Crippen LogP contribution is 2.56. The molecule has 2 nitrogen and oxygen atoms in total. The first-order valence-corrected chi connectivity index (χ1v) is 10.0. The molecule has 5 rings (SSSR count). The number of allylic oxidation sites excluding steroid dienone is 3. The molecule has 112 valence electrons. The van der Waals surface area contributed by atoms with Crippen LogP contribution in [-0.2, 0) is 9.59 Å². The summed E-state index contributed by atoms with van der Waals surface area (Å²) in [6, 6.07) is 12.5. The van der Waals surface area contributed by atoms with Gasteiger partial charge >= 0.3 is 0 Å². The molecule has 1 saturated carbocycles. The highest BCUT2D eigenvalue weighted by Gasteiger charge is 2.47. The van der Waals surface area contributed by atoms with E-state index in [2.05, 4.69) is 28.3 Å². The van der Waals surface area contributed by atoms with Gasteiger partial charge in [0.2, 0.25) is 0 Å². The summed E-state index contributed by atoms with van der Waals surface area (Å²) in [5.41, 5.74) is 4.15. The van der Waals surface area contributed by atoms with Gasteiger partial charge < -0.3 is 0 Å². The number of benzene rings is 2. The number of Topliss-reactive ketones (excluding diaryl/α,β-unsaturated/α-hetero) is 2. The van der Waals surface area contributed by atoms with E-state index in [0.29, 0.717) is 0 Å². The zero-order chi connectivity index (χ0) is 15.7. The molecule has 1 heterocycles. The fraction of sp³-hybridized carbons (Fsp3) is 0.150. The van der Waals surface area contributed by atoms with Gasteiger partial charge in [0.05, 0.1) is 11.8 Å². The van der Waals surface area contributed by atoms with E-state index in [1.54, 1.807) is 6.92 Å². The quantitative estimate of drug-likeness (QED) is 0.482.